The van der Waals surface area contributed by atoms with Crippen molar-refractivity contribution in [3.05, 3.63) is 24.2 Å². The summed E-state index contributed by atoms with van der Waals surface area (Å²) in [6, 6.07) is 5.32. The minimum absolute atomic E-state index is 0.637. The maximum atomic E-state index is 5.44. The fraction of sp³-hybridized carbons (Fsp3) is 0.692. The summed E-state index contributed by atoms with van der Waals surface area (Å²) in [7, 11) is 0. The molecule has 0 aromatic carbocycles. The summed E-state index contributed by atoms with van der Waals surface area (Å²) in [5, 5.41) is 3.61. The molecule has 0 bridgehead atoms. The lowest BCUT2D eigenvalue weighted by molar-refractivity contribution is 0.109. The van der Waals surface area contributed by atoms with Gasteiger partial charge in [-0.2, -0.15) is 0 Å². The lowest BCUT2D eigenvalue weighted by Crippen LogP contribution is -2.55. The molecule has 0 saturated carbocycles. The minimum Gasteiger partial charge on any atom is -0.468 e. The van der Waals surface area contributed by atoms with Crippen LogP contribution in [-0.4, -0.2) is 30.1 Å². The van der Waals surface area contributed by atoms with E-state index in [1.54, 1.807) is 6.26 Å². The van der Waals surface area contributed by atoms with E-state index < -0.39 is 0 Å². The summed E-state index contributed by atoms with van der Waals surface area (Å²) in [4.78, 5) is 2.55. The van der Waals surface area contributed by atoms with Gasteiger partial charge in [0.05, 0.1) is 12.8 Å². The molecule has 1 N–H and O–H groups in total. The Morgan fingerprint density at radius 3 is 2.94 bits per heavy atom. The third-order valence-electron chi connectivity index (χ3n) is 3.52. The molecule has 0 radical (unpaired) electrons. The number of piperazine rings is 1. The monoisotopic (exact) mass is 222 g/mol. The van der Waals surface area contributed by atoms with Gasteiger partial charge in [0.25, 0.3) is 0 Å². The summed E-state index contributed by atoms with van der Waals surface area (Å²) >= 11 is 0. The van der Waals surface area contributed by atoms with E-state index in [4.69, 9.17) is 4.42 Å². The Labute approximate surface area is 97.8 Å². The summed E-state index contributed by atoms with van der Waals surface area (Å²) in [5.74, 6) is 1.08. The number of rotatable bonds is 4. The number of furan rings is 1. The van der Waals surface area contributed by atoms with Gasteiger partial charge in [0.1, 0.15) is 5.76 Å². The van der Waals surface area contributed by atoms with Gasteiger partial charge in [-0.3, -0.25) is 4.90 Å². The van der Waals surface area contributed by atoms with E-state index >= 15 is 0 Å². The van der Waals surface area contributed by atoms with Crippen molar-refractivity contribution in [2.24, 2.45) is 0 Å². The molecule has 90 valence electrons. The first-order valence-corrected chi connectivity index (χ1v) is 6.33. The van der Waals surface area contributed by atoms with Crippen LogP contribution in [0.4, 0.5) is 0 Å². The molecule has 2 atom stereocenters. The van der Waals surface area contributed by atoms with Crippen molar-refractivity contribution in [3.63, 3.8) is 0 Å². The SMILES string of the molecule is CCC1CN(Cc2ccco2)C(CC)CN1. The fourth-order valence-electron chi connectivity index (χ4n) is 2.40. The molecule has 3 nitrogen and oxygen atoms in total. The highest BCUT2D eigenvalue weighted by Gasteiger charge is 2.26. The van der Waals surface area contributed by atoms with E-state index in [9.17, 15) is 0 Å². The van der Waals surface area contributed by atoms with Crippen molar-refractivity contribution in [1.82, 2.24) is 10.2 Å². The van der Waals surface area contributed by atoms with Crippen LogP contribution >= 0.6 is 0 Å². The van der Waals surface area contributed by atoms with Crippen molar-refractivity contribution in [2.45, 2.75) is 45.3 Å². The molecule has 3 heteroatoms. The predicted molar refractivity (Wildman–Crippen MR) is 65.3 cm³/mol. The maximum Gasteiger partial charge on any atom is 0.117 e. The number of hydrogen-bond donors (Lipinski definition) is 1. The largest absolute Gasteiger partial charge is 0.468 e. The second-order valence-corrected chi connectivity index (χ2v) is 4.58. The number of nitrogens with zero attached hydrogens (tertiary/aromatic N) is 1. The summed E-state index contributed by atoms with van der Waals surface area (Å²) < 4.78 is 5.44. The smallest absolute Gasteiger partial charge is 0.117 e. The van der Waals surface area contributed by atoms with Crippen molar-refractivity contribution in [3.8, 4) is 0 Å². The minimum atomic E-state index is 0.637. The Kier molecular flexibility index (Phi) is 4.02. The van der Waals surface area contributed by atoms with E-state index in [2.05, 4.69) is 30.1 Å². The molecule has 1 aliphatic heterocycles. The zero-order valence-corrected chi connectivity index (χ0v) is 10.3. The van der Waals surface area contributed by atoms with Gasteiger partial charge in [-0.05, 0) is 25.0 Å². The van der Waals surface area contributed by atoms with Crippen molar-refractivity contribution >= 4 is 0 Å². The van der Waals surface area contributed by atoms with Crippen LogP contribution in [-0.2, 0) is 6.54 Å². The van der Waals surface area contributed by atoms with Crippen LogP contribution in [0.2, 0.25) is 0 Å². The normalized spacial score (nSPS) is 27.1. The Balaban J connectivity index is 1.97. The summed E-state index contributed by atoms with van der Waals surface area (Å²) in [6.07, 6.45) is 4.16. The van der Waals surface area contributed by atoms with Gasteiger partial charge in [-0.1, -0.05) is 13.8 Å². The third kappa shape index (κ3) is 2.66. The van der Waals surface area contributed by atoms with Crippen molar-refractivity contribution < 1.29 is 4.42 Å². The van der Waals surface area contributed by atoms with Crippen LogP contribution in [0.25, 0.3) is 0 Å². The molecular formula is C13H22N2O. The van der Waals surface area contributed by atoms with E-state index in [-0.39, 0.29) is 0 Å². The molecule has 2 heterocycles. The Bertz CT molecular complexity index is 297. The number of nitrogens with one attached hydrogen (secondary N) is 1. The highest BCUT2D eigenvalue weighted by Crippen LogP contribution is 2.16. The van der Waals surface area contributed by atoms with Gasteiger partial charge in [-0.15, -0.1) is 0 Å². The first-order chi connectivity index (χ1) is 7.83. The molecule has 2 unspecified atom stereocenters. The lowest BCUT2D eigenvalue weighted by atomic mass is 10.1. The number of hydrogen-bond acceptors (Lipinski definition) is 3. The molecule has 0 amide bonds. The highest BCUT2D eigenvalue weighted by molar-refractivity contribution is 4.99. The standard InChI is InChI=1S/C13H22N2O/c1-3-11-9-15(12(4-2)8-14-11)10-13-6-5-7-16-13/h5-7,11-12,14H,3-4,8-10H2,1-2H3. The van der Waals surface area contributed by atoms with Gasteiger partial charge in [0.2, 0.25) is 0 Å². The summed E-state index contributed by atoms with van der Waals surface area (Å²) in [6.45, 7) is 7.69. The van der Waals surface area contributed by atoms with Crippen LogP contribution in [0.3, 0.4) is 0 Å². The summed E-state index contributed by atoms with van der Waals surface area (Å²) in [5.41, 5.74) is 0. The van der Waals surface area contributed by atoms with E-state index in [1.165, 1.54) is 12.8 Å². The Morgan fingerprint density at radius 1 is 1.44 bits per heavy atom. The topological polar surface area (TPSA) is 28.4 Å². The molecule has 0 spiro atoms. The van der Waals surface area contributed by atoms with Gasteiger partial charge in [-0.25, -0.2) is 0 Å². The molecule has 1 aliphatic rings. The van der Waals surface area contributed by atoms with E-state index in [0.717, 1.165) is 25.4 Å². The average Bonchev–Trinajstić information content (AvgIpc) is 2.82. The molecule has 0 aliphatic carbocycles. The molecule has 1 fully saturated rings. The van der Waals surface area contributed by atoms with Crippen LogP contribution in [0.5, 0.6) is 0 Å². The average molecular weight is 222 g/mol. The zero-order valence-electron chi connectivity index (χ0n) is 10.3. The van der Waals surface area contributed by atoms with Gasteiger partial charge < -0.3 is 9.73 Å². The molecule has 1 aromatic heterocycles. The van der Waals surface area contributed by atoms with E-state index in [1.807, 2.05) is 6.07 Å². The Hall–Kier alpha value is -0.800. The third-order valence-corrected chi connectivity index (χ3v) is 3.52. The van der Waals surface area contributed by atoms with Crippen LogP contribution < -0.4 is 5.32 Å². The second kappa shape index (κ2) is 5.51. The van der Waals surface area contributed by atoms with Crippen LogP contribution in [0.1, 0.15) is 32.4 Å². The molecule has 1 saturated heterocycles. The van der Waals surface area contributed by atoms with E-state index in [0.29, 0.717) is 12.1 Å². The second-order valence-electron chi connectivity index (χ2n) is 4.58. The van der Waals surface area contributed by atoms with Gasteiger partial charge in [0, 0.05) is 25.2 Å². The quantitative estimate of drug-likeness (QED) is 0.847. The lowest BCUT2D eigenvalue weighted by Gasteiger charge is -2.39. The van der Waals surface area contributed by atoms with Gasteiger partial charge >= 0.3 is 0 Å². The highest BCUT2D eigenvalue weighted by atomic mass is 16.3. The van der Waals surface area contributed by atoms with Crippen LogP contribution in [0.15, 0.2) is 22.8 Å². The Morgan fingerprint density at radius 2 is 2.31 bits per heavy atom. The first-order valence-electron chi connectivity index (χ1n) is 6.33. The molecular weight excluding hydrogens is 200 g/mol. The van der Waals surface area contributed by atoms with Crippen molar-refractivity contribution in [1.29, 1.82) is 0 Å². The zero-order chi connectivity index (χ0) is 11.4. The van der Waals surface area contributed by atoms with Gasteiger partial charge in [0.15, 0.2) is 0 Å². The van der Waals surface area contributed by atoms with Crippen molar-refractivity contribution in [2.75, 3.05) is 13.1 Å². The fourth-order valence-corrected chi connectivity index (χ4v) is 2.40. The predicted octanol–water partition coefficient (Wildman–Crippen LogP) is 2.24. The van der Waals surface area contributed by atoms with Crippen LogP contribution in [0, 0.1) is 0 Å². The molecule has 16 heavy (non-hydrogen) atoms. The molecule has 2 rings (SSSR count). The first kappa shape index (κ1) is 11.7. The molecule has 1 aromatic rings. The maximum absolute atomic E-state index is 5.44.